The quantitative estimate of drug-likeness (QED) is 0.762. The highest BCUT2D eigenvalue weighted by Crippen LogP contribution is 2.28. The van der Waals surface area contributed by atoms with E-state index in [-0.39, 0.29) is 11.5 Å². The summed E-state index contributed by atoms with van der Waals surface area (Å²) in [7, 11) is -0.493. The predicted octanol–water partition coefficient (Wildman–Crippen LogP) is 4.13. The first kappa shape index (κ1) is 17.9. The van der Waals surface area contributed by atoms with Crippen molar-refractivity contribution in [1.29, 1.82) is 0 Å². The average molecular weight is 375 g/mol. The summed E-state index contributed by atoms with van der Waals surface area (Å²) in [5.74, 6) is 0.589. The van der Waals surface area contributed by atoms with Crippen molar-refractivity contribution in [3.8, 4) is 11.5 Å². The summed E-state index contributed by atoms with van der Waals surface area (Å²) in [5, 5.41) is 0.910. The smallest absolute Gasteiger partial charge is 0.158 e. The van der Waals surface area contributed by atoms with E-state index in [2.05, 4.69) is 0 Å². The van der Waals surface area contributed by atoms with E-state index in [0.717, 1.165) is 0 Å². The van der Waals surface area contributed by atoms with Gasteiger partial charge in [0.05, 0.1) is 25.7 Å². The average Bonchev–Trinajstić information content (AvgIpc) is 2.47. The van der Waals surface area contributed by atoms with Crippen molar-refractivity contribution >= 4 is 33.0 Å². The number of sulfone groups is 1. The maximum absolute atomic E-state index is 12.5. The van der Waals surface area contributed by atoms with E-state index in [1.165, 1.54) is 14.2 Å². The molecule has 0 spiro atoms. The molecule has 0 aliphatic rings. The fourth-order valence-corrected chi connectivity index (χ4v) is 4.14. The van der Waals surface area contributed by atoms with Crippen LogP contribution in [-0.4, -0.2) is 22.6 Å². The van der Waals surface area contributed by atoms with Crippen LogP contribution in [0.5, 0.6) is 11.5 Å². The van der Waals surface area contributed by atoms with E-state index in [1.54, 1.807) is 36.4 Å². The van der Waals surface area contributed by atoms with Crippen LogP contribution < -0.4 is 9.47 Å². The van der Waals surface area contributed by atoms with E-state index in [4.69, 9.17) is 32.7 Å². The van der Waals surface area contributed by atoms with E-state index in [0.29, 0.717) is 32.7 Å². The Morgan fingerprint density at radius 2 is 1.22 bits per heavy atom. The molecule has 0 saturated heterocycles. The first-order valence-electron chi connectivity index (χ1n) is 6.70. The van der Waals surface area contributed by atoms with Gasteiger partial charge < -0.3 is 9.47 Å². The summed E-state index contributed by atoms with van der Waals surface area (Å²) in [6, 6.07) is 9.77. The first-order chi connectivity index (χ1) is 10.8. The predicted molar refractivity (Wildman–Crippen MR) is 92.3 cm³/mol. The third kappa shape index (κ3) is 4.77. The molecule has 2 rings (SSSR count). The van der Waals surface area contributed by atoms with Gasteiger partial charge in [-0.1, -0.05) is 23.2 Å². The molecule has 0 fully saturated rings. The molecule has 0 N–H and O–H groups in total. The molecule has 7 heteroatoms. The van der Waals surface area contributed by atoms with Gasteiger partial charge in [-0.15, -0.1) is 0 Å². The van der Waals surface area contributed by atoms with Gasteiger partial charge in [0.15, 0.2) is 9.84 Å². The Kier molecular flexibility index (Phi) is 5.79. The summed E-state index contributed by atoms with van der Waals surface area (Å²) in [5.41, 5.74) is 1.03. The molecule has 2 aromatic rings. The number of ether oxygens (including phenoxy) is 2. The Bertz CT molecular complexity index is 742. The molecule has 124 valence electrons. The zero-order valence-electron chi connectivity index (χ0n) is 12.7. The second-order valence-electron chi connectivity index (χ2n) is 4.94. The third-order valence-electron chi connectivity index (χ3n) is 3.24. The molecule has 4 nitrogen and oxygen atoms in total. The van der Waals surface area contributed by atoms with Gasteiger partial charge in [0.2, 0.25) is 0 Å². The summed E-state index contributed by atoms with van der Waals surface area (Å²) in [6.45, 7) is 0. The molecule has 0 aromatic heterocycles. The molecular weight excluding hydrogens is 359 g/mol. The van der Waals surface area contributed by atoms with E-state index in [1.807, 2.05) is 0 Å². The van der Waals surface area contributed by atoms with Crippen LogP contribution in [0.25, 0.3) is 0 Å². The maximum atomic E-state index is 12.5. The van der Waals surface area contributed by atoms with Gasteiger partial charge in [-0.2, -0.15) is 0 Å². The van der Waals surface area contributed by atoms with E-state index < -0.39 is 9.84 Å². The fraction of sp³-hybridized carbons (Fsp3) is 0.250. The molecule has 0 unspecified atom stereocenters. The topological polar surface area (TPSA) is 52.6 Å². The van der Waals surface area contributed by atoms with Gasteiger partial charge in [0, 0.05) is 21.2 Å². The van der Waals surface area contributed by atoms with Gasteiger partial charge >= 0.3 is 0 Å². The van der Waals surface area contributed by atoms with Crippen LogP contribution in [0.4, 0.5) is 0 Å². The molecule has 0 atom stereocenters. The van der Waals surface area contributed by atoms with Crippen molar-refractivity contribution in [2.24, 2.45) is 0 Å². The lowest BCUT2D eigenvalue weighted by atomic mass is 10.2. The number of rotatable bonds is 6. The zero-order valence-corrected chi connectivity index (χ0v) is 15.0. The Labute approximate surface area is 145 Å². The fourth-order valence-electron chi connectivity index (χ4n) is 2.24. The SMILES string of the molecule is COc1ccc(Cl)cc1CS(=O)(=O)Cc1cc(Cl)ccc1OC. The van der Waals surface area contributed by atoms with Crippen LogP contribution in [0, 0.1) is 0 Å². The largest absolute Gasteiger partial charge is 0.496 e. The Balaban J connectivity index is 2.30. The molecule has 0 aliphatic carbocycles. The molecule has 0 radical (unpaired) electrons. The summed E-state index contributed by atoms with van der Waals surface area (Å²) in [6.07, 6.45) is 0. The third-order valence-corrected chi connectivity index (χ3v) is 5.21. The van der Waals surface area contributed by atoms with Gasteiger partial charge in [-0.25, -0.2) is 8.42 Å². The molecule has 2 aromatic carbocycles. The van der Waals surface area contributed by atoms with Crippen LogP contribution in [0.1, 0.15) is 11.1 Å². The van der Waals surface area contributed by atoms with Crippen LogP contribution in [0.15, 0.2) is 36.4 Å². The van der Waals surface area contributed by atoms with E-state index >= 15 is 0 Å². The summed E-state index contributed by atoms with van der Waals surface area (Å²) < 4.78 is 35.4. The lowest BCUT2D eigenvalue weighted by Gasteiger charge is -2.12. The van der Waals surface area contributed by atoms with Crippen molar-refractivity contribution < 1.29 is 17.9 Å². The molecule has 0 heterocycles. The minimum atomic E-state index is -3.46. The molecule has 0 bridgehead atoms. The normalized spacial score (nSPS) is 11.3. The molecule has 0 aliphatic heterocycles. The molecule has 0 amide bonds. The van der Waals surface area contributed by atoms with Crippen LogP contribution in [-0.2, 0) is 21.3 Å². The Hall–Kier alpha value is -1.43. The van der Waals surface area contributed by atoms with Crippen molar-refractivity contribution in [2.45, 2.75) is 11.5 Å². The summed E-state index contributed by atoms with van der Waals surface area (Å²) >= 11 is 11.9. The number of hydrogen-bond donors (Lipinski definition) is 0. The highest BCUT2D eigenvalue weighted by Gasteiger charge is 2.19. The number of methoxy groups -OCH3 is 2. The van der Waals surface area contributed by atoms with Gasteiger partial charge in [-0.3, -0.25) is 0 Å². The monoisotopic (exact) mass is 374 g/mol. The van der Waals surface area contributed by atoms with Crippen molar-refractivity contribution in [3.63, 3.8) is 0 Å². The Morgan fingerprint density at radius 1 is 0.826 bits per heavy atom. The number of halogens is 2. The highest BCUT2D eigenvalue weighted by molar-refractivity contribution is 7.89. The standard InChI is InChI=1S/C16H16Cl2O4S/c1-21-15-5-3-13(17)7-11(15)9-23(19,20)10-12-8-14(18)4-6-16(12)22-2/h3-8H,9-10H2,1-2H3. The molecular formula is C16H16Cl2O4S. The minimum Gasteiger partial charge on any atom is -0.496 e. The first-order valence-corrected chi connectivity index (χ1v) is 9.27. The lowest BCUT2D eigenvalue weighted by molar-refractivity contribution is 0.410. The summed E-state index contributed by atoms with van der Waals surface area (Å²) in [4.78, 5) is 0. The van der Waals surface area contributed by atoms with Crippen LogP contribution in [0.3, 0.4) is 0 Å². The van der Waals surface area contributed by atoms with Crippen molar-refractivity contribution in [3.05, 3.63) is 57.6 Å². The minimum absolute atomic E-state index is 0.188. The van der Waals surface area contributed by atoms with Crippen LogP contribution in [0.2, 0.25) is 10.0 Å². The number of benzene rings is 2. The Morgan fingerprint density at radius 3 is 1.57 bits per heavy atom. The molecule has 23 heavy (non-hydrogen) atoms. The van der Waals surface area contributed by atoms with Gasteiger partial charge in [0.1, 0.15) is 11.5 Å². The second-order valence-corrected chi connectivity index (χ2v) is 7.88. The second kappa shape index (κ2) is 7.43. The van der Waals surface area contributed by atoms with Gasteiger partial charge in [-0.05, 0) is 36.4 Å². The lowest BCUT2D eigenvalue weighted by Crippen LogP contribution is -2.09. The van der Waals surface area contributed by atoms with Gasteiger partial charge in [0.25, 0.3) is 0 Å². The zero-order chi connectivity index (χ0) is 17.0. The van der Waals surface area contributed by atoms with E-state index in [9.17, 15) is 8.42 Å². The molecule has 0 saturated carbocycles. The van der Waals surface area contributed by atoms with Crippen LogP contribution >= 0.6 is 23.2 Å². The highest BCUT2D eigenvalue weighted by atomic mass is 35.5. The van der Waals surface area contributed by atoms with Crippen molar-refractivity contribution in [2.75, 3.05) is 14.2 Å². The van der Waals surface area contributed by atoms with Crippen molar-refractivity contribution in [1.82, 2.24) is 0 Å². The number of hydrogen-bond acceptors (Lipinski definition) is 4. The maximum Gasteiger partial charge on any atom is 0.158 e.